The molecule has 142 valence electrons. The van der Waals surface area contributed by atoms with E-state index in [-0.39, 0.29) is 13.4 Å². The number of carbonyl (C=O) groups excluding carboxylic acids is 1. The van der Waals surface area contributed by atoms with Gasteiger partial charge in [-0.05, 0) is 36.8 Å². The molecule has 1 aromatic heterocycles. The Morgan fingerprint density at radius 3 is 2.82 bits per heavy atom. The first kappa shape index (κ1) is 16.7. The van der Waals surface area contributed by atoms with Gasteiger partial charge in [-0.25, -0.2) is 9.59 Å². The first-order valence-corrected chi connectivity index (χ1v) is 8.96. The van der Waals surface area contributed by atoms with Crippen LogP contribution in [0.25, 0.3) is 11.0 Å². The fourth-order valence-corrected chi connectivity index (χ4v) is 3.73. The topological polar surface area (TPSA) is 84.2 Å². The van der Waals surface area contributed by atoms with Crippen molar-refractivity contribution >= 4 is 16.9 Å². The van der Waals surface area contributed by atoms with E-state index in [0.29, 0.717) is 39.3 Å². The molecule has 7 nitrogen and oxygen atoms in total. The summed E-state index contributed by atoms with van der Waals surface area (Å²) in [6, 6.07) is 12.4. The van der Waals surface area contributed by atoms with Crippen molar-refractivity contribution < 1.29 is 28.2 Å². The molecule has 3 aromatic rings. The molecule has 3 heterocycles. The summed E-state index contributed by atoms with van der Waals surface area (Å²) in [7, 11) is 0. The molecule has 7 heteroatoms. The molecule has 0 spiro atoms. The minimum atomic E-state index is -0.996. The van der Waals surface area contributed by atoms with E-state index in [9.17, 15) is 9.59 Å². The molecule has 2 aromatic carbocycles. The zero-order valence-corrected chi connectivity index (χ0v) is 15.0. The van der Waals surface area contributed by atoms with E-state index in [0.717, 1.165) is 0 Å². The summed E-state index contributed by atoms with van der Waals surface area (Å²) < 4.78 is 27.5. The lowest BCUT2D eigenvalue weighted by molar-refractivity contribution is -0.151. The van der Waals surface area contributed by atoms with Gasteiger partial charge >= 0.3 is 11.6 Å². The Morgan fingerprint density at radius 2 is 1.96 bits per heavy atom. The smallest absolute Gasteiger partial charge is 0.348 e. The maximum absolute atomic E-state index is 12.8. The molecule has 28 heavy (non-hydrogen) atoms. The highest BCUT2D eigenvalue weighted by atomic mass is 16.7. The summed E-state index contributed by atoms with van der Waals surface area (Å²) in [5, 5.41) is 0.634. The van der Waals surface area contributed by atoms with Crippen molar-refractivity contribution in [1.29, 1.82) is 0 Å². The third-order valence-corrected chi connectivity index (χ3v) is 4.93. The number of ether oxygens (including phenoxy) is 4. The molecule has 2 aliphatic heterocycles. The third kappa shape index (κ3) is 2.43. The van der Waals surface area contributed by atoms with Gasteiger partial charge in [0, 0.05) is 0 Å². The number of carbonyl (C=O) groups is 1. The van der Waals surface area contributed by atoms with Gasteiger partial charge in [-0.1, -0.05) is 18.2 Å². The van der Waals surface area contributed by atoms with Crippen molar-refractivity contribution in [3.05, 3.63) is 64.0 Å². The molecule has 0 radical (unpaired) electrons. The molecular weight excluding hydrogens is 364 g/mol. The van der Waals surface area contributed by atoms with Gasteiger partial charge in [0.25, 0.3) is 0 Å². The van der Waals surface area contributed by atoms with Crippen LogP contribution in [0.2, 0.25) is 0 Å². The van der Waals surface area contributed by atoms with Crippen LogP contribution in [0.3, 0.4) is 0 Å². The molecule has 0 aliphatic carbocycles. The zero-order chi connectivity index (χ0) is 19.3. The molecule has 0 unspecified atom stereocenters. The van der Waals surface area contributed by atoms with Crippen molar-refractivity contribution in [1.82, 2.24) is 0 Å². The van der Waals surface area contributed by atoms with E-state index in [1.54, 1.807) is 43.3 Å². The van der Waals surface area contributed by atoms with Crippen LogP contribution < -0.4 is 19.8 Å². The van der Waals surface area contributed by atoms with Crippen LogP contribution in [-0.2, 0) is 9.53 Å². The highest BCUT2D eigenvalue weighted by Gasteiger charge is 2.45. The van der Waals surface area contributed by atoms with Crippen LogP contribution in [0.5, 0.6) is 17.2 Å². The van der Waals surface area contributed by atoms with E-state index in [4.69, 9.17) is 23.4 Å². The summed E-state index contributed by atoms with van der Waals surface area (Å²) in [5.41, 5.74) is 0.850. The largest absolute Gasteiger partial charge is 0.476 e. The van der Waals surface area contributed by atoms with Crippen LogP contribution >= 0.6 is 0 Å². The summed E-state index contributed by atoms with van der Waals surface area (Å²) in [6.07, 6.45) is -0.996. The van der Waals surface area contributed by atoms with Crippen LogP contribution in [0.4, 0.5) is 0 Å². The van der Waals surface area contributed by atoms with Gasteiger partial charge in [0.15, 0.2) is 11.5 Å². The summed E-state index contributed by atoms with van der Waals surface area (Å²) >= 11 is 0. The molecule has 2 atom stereocenters. The summed E-state index contributed by atoms with van der Waals surface area (Å²) in [4.78, 5) is 25.5. The molecule has 0 fully saturated rings. The van der Waals surface area contributed by atoms with Gasteiger partial charge in [0.2, 0.25) is 12.9 Å². The van der Waals surface area contributed by atoms with Crippen LogP contribution in [0.1, 0.15) is 24.0 Å². The van der Waals surface area contributed by atoms with Crippen molar-refractivity contribution in [2.75, 3.05) is 13.4 Å². The van der Waals surface area contributed by atoms with Gasteiger partial charge < -0.3 is 23.4 Å². The number of hydrogen-bond donors (Lipinski definition) is 0. The van der Waals surface area contributed by atoms with E-state index < -0.39 is 23.6 Å². The fraction of sp³-hybridized carbons (Fsp3) is 0.238. The lowest BCUT2D eigenvalue weighted by Crippen LogP contribution is -2.32. The highest BCUT2D eigenvalue weighted by Crippen LogP contribution is 2.46. The zero-order valence-electron chi connectivity index (χ0n) is 15.0. The Hall–Kier alpha value is -3.48. The first-order valence-electron chi connectivity index (χ1n) is 8.96. The van der Waals surface area contributed by atoms with Gasteiger partial charge in [-0.3, -0.25) is 0 Å². The predicted molar refractivity (Wildman–Crippen MR) is 97.9 cm³/mol. The monoisotopic (exact) mass is 380 g/mol. The van der Waals surface area contributed by atoms with Crippen LogP contribution in [0.15, 0.2) is 51.7 Å². The normalized spacial score (nSPS) is 19.3. The second-order valence-corrected chi connectivity index (χ2v) is 6.51. The van der Waals surface area contributed by atoms with Gasteiger partial charge in [0.05, 0.1) is 23.5 Å². The number of esters is 1. The maximum atomic E-state index is 12.8. The number of hydrogen-bond acceptors (Lipinski definition) is 7. The van der Waals surface area contributed by atoms with E-state index >= 15 is 0 Å². The first-order chi connectivity index (χ1) is 13.7. The second kappa shape index (κ2) is 6.30. The Morgan fingerprint density at radius 1 is 1.14 bits per heavy atom. The summed E-state index contributed by atoms with van der Waals surface area (Å²) in [6.45, 7) is 2.06. The SMILES string of the molecule is CCOC(=O)[C@H]1Oc2c(c(=O)oc3ccccc23)[C@@H]1c1ccc2c(c1)OCO2. The molecular formula is C21H16O7. The Kier molecular flexibility index (Phi) is 3.75. The lowest BCUT2D eigenvalue weighted by Gasteiger charge is -2.17. The Bertz CT molecular complexity index is 1150. The average Bonchev–Trinajstić information content (AvgIpc) is 3.33. The van der Waals surface area contributed by atoms with E-state index in [1.807, 2.05) is 6.07 Å². The standard InChI is InChI=1S/C21H16O7/c1-2-24-21(23)19-16(11-7-8-14-15(9-11)26-10-25-14)17-18(28-19)12-5-3-4-6-13(12)27-20(17)22/h3-9,16,19H,2,10H2,1H3/t16-,19-/m0/s1. The van der Waals surface area contributed by atoms with Gasteiger partial charge in [-0.15, -0.1) is 0 Å². The maximum Gasteiger partial charge on any atom is 0.348 e. The van der Waals surface area contributed by atoms with Crippen molar-refractivity contribution in [3.63, 3.8) is 0 Å². The number of benzene rings is 2. The Labute approximate surface area is 159 Å². The molecule has 5 rings (SSSR count). The number of rotatable bonds is 3. The van der Waals surface area contributed by atoms with Crippen molar-refractivity contribution in [3.8, 4) is 17.2 Å². The van der Waals surface area contributed by atoms with Gasteiger partial charge in [-0.2, -0.15) is 0 Å². The molecule has 0 amide bonds. The molecule has 0 saturated carbocycles. The predicted octanol–water partition coefficient (Wildman–Crippen LogP) is 2.98. The molecule has 2 aliphatic rings. The van der Waals surface area contributed by atoms with E-state index in [1.165, 1.54) is 0 Å². The highest BCUT2D eigenvalue weighted by molar-refractivity contribution is 5.88. The second-order valence-electron chi connectivity index (χ2n) is 6.51. The molecule has 0 saturated heterocycles. The van der Waals surface area contributed by atoms with Crippen molar-refractivity contribution in [2.45, 2.75) is 18.9 Å². The molecule has 0 N–H and O–H groups in total. The average molecular weight is 380 g/mol. The fourth-order valence-electron chi connectivity index (χ4n) is 3.73. The molecule has 0 bridgehead atoms. The van der Waals surface area contributed by atoms with Crippen LogP contribution in [-0.4, -0.2) is 25.5 Å². The quantitative estimate of drug-likeness (QED) is 0.510. The van der Waals surface area contributed by atoms with Crippen LogP contribution in [0, 0.1) is 0 Å². The van der Waals surface area contributed by atoms with Crippen molar-refractivity contribution in [2.24, 2.45) is 0 Å². The minimum absolute atomic E-state index is 0.130. The van der Waals surface area contributed by atoms with E-state index in [2.05, 4.69) is 0 Å². The summed E-state index contributed by atoms with van der Waals surface area (Å²) in [5.74, 6) is 0.307. The lowest BCUT2D eigenvalue weighted by atomic mass is 9.88. The van der Waals surface area contributed by atoms with Gasteiger partial charge in [0.1, 0.15) is 11.3 Å². The number of para-hydroxylation sites is 1. The Balaban J connectivity index is 1.72. The number of fused-ring (bicyclic) bond motifs is 4. The minimum Gasteiger partial charge on any atom is -0.476 e. The third-order valence-electron chi connectivity index (χ3n) is 4.93.